The highest BCUT2D eigenvalue weighted by Gasteiger charge is 2.34. The molecule has 1 aromatic heterocycles. The zero-order valence-corrected chi connectivity index (χ0v) is 11.7. The SMILES string of the molecule is O=C(c1c(F)cccc1F)N1CC(COc2cccnc2)C1. The van der Waals surface area contributed by atoms with Crippen molar-refractivity contribution in [3.63, 3.8) is 0 Å². The lowest BCUT2D eigenvalue weighted by atomic mass is 9.99. The zero-order valence-electron chi connectivity index (χ0n) is 11.7. The lowest BCUT2D eigenvalue weighted by molar-refractivity contribution is 0.0384. The van der Waals surface area contributed by atoms with Gasteiger partial charge in [-0.15, -0.1) is 0 Å². The van der Waals surface area contributed by atoms with E-state index in [0.29, 0.717) is 25.4 Å². The van der Waals surface area contributed by atoms with Crippen molar-refractivity contribution in [3.05, 3.63) is 59.9 Å². The molecule has 0 unspecified atom stereocenters. The molecule has 2 heterocycles. The van der Waals surface area contributed by atoms with Crippen molar-refractivity contribution in [3.8, 4) is 5.75 Å². The van der Waals surface area contributed by atoms with Crippen LogP contribution in [0.15, 0.2) is 42.7 Å². The summed E-state index contributed by atoms with van der Waals surface area (Å²) in [6.07, 6.45) is 3.26. The van der Waals surface area contributed by atoms with Gasteiger partial charge in [0.05, 0.1) is 12.8 Å². The van der Waals surface area contributed by atoms with Gasteiger partial charge in [-0.25, -0.2) is 8.78 Å². The highest BCUT2D eigenvalue weighted by Crippen LogP contribution is 2.22. The van der Waals surface area contributed by atoms with Gasteiger partial charge in [-0.1, -0.05) is 6.07 Å². The molecule has 1 aliphatic heterocycles. The maximum atomic E-state index is 13.6. The van der Waals surface area contributed by atoms with Crippen LogP contribution in [0.2, 0.25) is 0 Å². The Bertz CT molecular complexity index is 653. The minimum absolute atomic E-state index is 0.152. The fraction of sp³-hybridized carbons (Fsp3) is 0.250. The van der Waals surface area contributed by atoms with Crippen LogP contribution in [0, 0.1) is 17.6 Å². The molecule has 3 rings (SSSR count). The average Bonchev–Trinajstić information content (AvgIpc) is 2.46. The molecule has 6 heteroatoms. The molecule has 0 radical (unpaired) electrons. The Morgan fingerprint density at radius 3 is 2.59 bits per heavy atom. The Hall–Kier alpha value is -2.50. The van der Waals surface area contributed by atoms with Crippen LogP contribution in [0.5, 0.6) is 5.75 Å². The van der Waals surface area contributed by atoms with Crippen molar-refractivity contribution in [1.82, 2.24) is 9.88 Å². The summed E-state index contributed by atoms with van der Waals surface area (Å²) in [5.41, 5.74) is -0.492. The first-order valence-electron chi connectivity index (χ1n) is 6.91. The number of likely N-dealkylation sites (tertiary alicyclic amines) is 1. The molecular formula is C16H14F2N2O2. The van der Waals surface area contributed by atoms with E-state index in [4.69, 9.17) is 4.74 Å². The third-order valence-corrected chi connectivity index (χ3v) is 3.54. The third-order valence-electron chi connectivity index (χ3n) is 3.54. The summed E-state index contributed by atoms with van der Waals surface area (Å²) in [5, 5.41) is 0. The molecule has 1 saturated heterocycles. The van der Waals surface area contributed by atoms with Crippen LogP contribution in [0.1, 0.15) is 10.4 Å². The van der Waals surface area contributed by atoms with Crippen molar-refractivity contribution in [2.75, 3.05) is 19.7 Å². The second-order valence-electron chi connectivity index (χ2n) is 5.17. The van der Waals surface area contributed by atoms with Gasteiger partial charge in [0.25, 0.3) is 5.91 Å². The number of carbonyl (C=O) groups excluding carboxylic acids is 1. The molecule has 1 fully saturated rings. The summed E-state index contributed by atoms with van der Waals surface area (Å²) >= 11 is 0. The first-order chi connectivity index (χ1) is 10.6. The zero-order chi connectivity index (χ0) is 15.5. The van der Waals surface area contributed by atoms with E-state index < -0.39 is 23.1 Å². The molecule has 1 amide bonds. The van der Waals surface area contributed by atoms with Crippen molar-refractivity contribution in [2.24, 2.45) is 5.92 Å². The van der Waals surface area contributed by atoms with Gasteiger partial charge in [-0.05, 0) is 24.3 Å². The van der Waals surface area contributed by atoms with E-state index in [1.165, 1.54) is 11.0 Å². The van der Waals surface area contributed by atoms with Gasteiger partial charge in [-0.3, -0.25) is 9.78 Å². The maximum absolute atomic E-state index is 13.6. The summed E-state index contributed by atoms with van der Waals surface area (Å²) in [6, 6.07) is 6.97. The fourth-order valence-corrected chi connectivity index (χ4v) is 2.35. The molecule has 114 valence electrons. The summed E-state index contributed by atoms with van der Waals surface area (Å²) in [5.74, 6) is -1.47. The van der Waals surface area contributed by atoms with E-state index in [9.17, 15) is 13.6 Å². The van der Waals surface area contributed by atoms with E-state index in [-0.39, 0.29) is 5.92 Å². The average molecular weight is 304 g/mol. The summed E-state index contributed by atoms with van der Waals surface area (Å²) in [7, 11) is 0. The van der Waals surface area contributed by atoms with Crippen molar-refractivity contribution in [1.29, 1.82) is 0 Å². The molecular weight excluding hydrogens is 290 g/mol. The smallest absolute Gasteiger partial charge is 0.259 e. The predicted octanol–water partition coefficient (Wildman–Crippen LogP) is 2.51. The van der Waals surface area contributed by atoms with Crippen LogP contribution >= 0.6 is 0 Å². The highest BCUT2D eigenvalue weighted by molar-refractivity contribution is 5.95. The van der Waals surface area contributed by atoms with Crippen LogP contribution in [-0.4, -0.2) is 35.5 Å². The fourth-order valence-electron chi connectivity index (χ4n) is 2.35. The van der Waals surface area contributed by atoms with Gasteiger partial charge in [0.2, 0.25) is 0 Å². The molecule has 0 bridgehead atoms. The Kier molecular flexibility index (Phi) is 4.00. The Labute approximate surface area is 126 Å². The molecule has 22 heavy (non-hydrogen) atoms. The summed E-state index contributed by atoms with van der Waals surface area (Å²) in [4.78, 5) is 17.4. The number of carbonyl (C=O) groups is 1. The predicted molar refractivity (Wildman–Crippen MR) is 75.5 cm³/mol. The molecule has 0 saturated carbocycles. The molecule has 4 nitrogen and oxygen atoms in total. The van der Waals surface area contributed by atoms with E-state index in [1.807, 2.05) is 0 Å². The second kappa shape index (κ2) is 6.09. The van der Waals surface area contributed by atoms with Gasteiger partial charge in [0, 0.05) is 25.2 Å². The first kappa shape index (κ1) is 14.4. The monoisotopic (exact) mass is 304 g/mol. The minimum Gasteiger partial charge on any atom is -0.492 e. The lowest BCUT2D eigenvalue weighted by Crippen LogP contribution is -2.52. The van der Waals surface area contributed by atoms with Crippen LogP contribution in [-0.2, 0) is 0 Å². The number of ether oxygens (including phenoxy) is 1. The van der Waals surface area contributed by atoms with E-state index >= 15 is 0 Å². The van der Waals surface area contributed by atoms with E-state index in [0.717, 1.165) is 12.1 Å². The Morgan fingerprint density at radius 2 is 1.95 bits per heavy atom. The number of benzene rings is 1. The van der Waals surface area contributed by atoms with Crippen LogP contribution in [0.4, 0.5) is 8.78 Å². The molecule has 2 aromatic rings. The number of hydrogen-bond donors (Lipinski definition) is 0. The molecule has 0 spiro atoms. The van der Waals surface area contributed by atoms with Crippen molar-refractivity contribution >= 4 is 5.91 Å². The molecule has 1 aromatic carbocycles. The van der Waals surface area contributed by atoms with Crippen molar-refractivity contribution in [2.45, 2.75) is 0 Å². The standard InChI is InChI=1S/C16H14F2N2O2/c17-13-4-1-5-14(18)15(13)16(21)20-8-11(9-20)10-22-12-3-2-6-19-7-12/h1-7,11H,8-10H2. The molecule has 0 N–H and O–H groups in total. The number of pyridine rings is 1. The van der Waals surface area contributed by atoms with Gasteiger partial charge in [0.15, 0.2) is 0 Å². The van der Waals surface area contributed by atoms with Gasteiger partial charge in [-0.2, -0.15) is 0 Å². The topological polar surface area (TPSA) is 42.4 Å². The number of nitrogens with zero attached hydrogens (tertiary/aromatic N) is 2. The van der Waals surface area contributed by atoms with Crippen molar-refractivity contribution < 1.29 is 18.3 Å². The van der Waals surface area contributed by atoms with Gasteiger partial charge >= 0.3 is 0 Å². The maximum Gasteiger partial charge on any atom is 0.259 e. The normalized spacial score (nSPS) is 14.5. The van der Waals surface area contributed by atoms with E-state index in [2.05, 4.69) is 4.98 Å². The van der Waals surface area contributed by atoms with E-state index in [1.54, 1.807) is 24.5 Å². The highest BCUT2D eigenvalue weighted by atomic mass is 19.1. The Morgan fingerprint density at radius 1 is 1.23 bits per heavy atom. The largest absolute Gasteiger partial charge is 0.492 e. The Balaban J connectivity index is 1.54. The molecule has 0 aliphatic carbocycles. The van der Waals surface area contributed by atoms with Crippen LogP contribution < -0.4 is 4.74 Å². The minimum atomic E-state index is -0.833. The number of amides is 1. The third kappa shape index (κ3) is 2.90. The number of halogens is 2. The number of aromatic nitrogens is 1. The number of hydrogen-bond acceptors (Lipinski definition) is 3. The molecule has 0 atom stereocenters. The quantitative estimate of drug-likeness (QED) is 0.871. The van der Waals surface area contributed by atoms with Gasteiger partial charge < -0.3 is 9.64 Å². The second-order valence-corrected chi connectivity index (χ2v) is 5.17. The first-order valence-corrected chi connectivity index (χ1v) is 6.91. The lowest BCUT2D eigenvalue weighted by Gasteiger charge is -2.39. The van der Waals surface area contributed by atoms with Crippen LogP contribution in [0.3, 0.4) is 0 Å². The van der Waals surface area contributed by atoms with Crippen LogP contribution in [0.25, 0.3) is 0 Å². The number of rotatable bonds is 4. The summed E-state index contributed by atoms with van der Waals surface area (Å²) in [6.45, 7) is 1.29. The molecule has 1 aliphatic rings. The van der Waals surface area contributed by atoms with Gasteiger partial charge in [0.1, 0.15) is 22.9 Å². The summed E-state index contributed by atoms with van der Waals surface area (Å²) < 4.78 is 32.7.